The van der Waals surface area contributed by atoms with E-state index in [1.54, 1.807) is 12.4 Å². The van der Waals surface area contributed by atoms with Crippen molar-refractivity contribution in [2.75, 3.05) is 5.32 Å². The first-order valence-electron chi connectivity index (χ1n) is 7.35. The van der Waals surface area contributed by atoms with Gasteiger partial charge >= 0.3 is 0 Å². The summed E-state index contributed by atoms with van der Waals surface area (Å²) in [6, 6.07) is 0.309. The van der Waals surface area contributed by atoms with E-state index in [1.165, 1.54) is 19.3 Å². The molecule has 0 spiro atoms. The minimum atomic E-state index is -0.0914. The van der Waals surface area contributed by atoms with Crippen LogP contribution in [0, 0.1) is 0 Å². The van der Waals surface area contributed by atoms with Crippen LogP contribution in [0.15, 0.2) is 12.4 Å². The highest BCUT2D eigenvalue weighted by atomic mass is 16.1. The van der Waals surface area contributed by atoms with E-state index in [-0.39, 0.29) is 11.4 Å². The lowest BCUT2D eigenvalue weighted by atomic mass is 9.95. The van der Waals surface area contributed by atoms with Gasteiger partial charge in [0.15, 0.2) is 0 Å². The van der Waals surface area contributed by atoms with Crippen LogP contribution in [0.4, 0.5) is 5.95 Å². The van der Waals surface area contributed by atoms with Crippen LogP contribution in [-0.2, 0) is 0 Å². The van der Waals surface area contributed by atoms with Crippen molar-refractivity contribution in [2.24, 2.45) is 0 Å². The van der Waals surface area contributed by atoms with Crippen LogP contribution in [-0.4, -0.2) is 27.5 Å². The minimum Gasteiger partial charge on any atom is -0.350 e. The first-order valence-corrected chi connectivity index (χ1v) is 7.35. The molecule has 1 heterocycles. The Morgan fingerprint density at radius 3 is 2.30 bits per heavy atom. The monoisotopic (exact) mass is 276 g/mol. The summed E-state index contributed by atoms with van der Waals surface area (Å²) in [5.41, 5.74) is 0.432. The second-order valence-corrected chi connectivity index (χ2v) is 6.48. The largest absolute Gasteiger partial charge is 0.350 e. The average molecular weight is 276 g/mol. The molecule has 5 heteroatoms. The number of carbonyl (C=O) groups is 1. The number of hydrogen-bond acceptors (Lipinski definition) is 4. The molecule has 1 saturated carbocycles. The van der Waals surface area contributed by atoms with Crippen LogP contribution in [0.2, 0.25) is 0 Å². The molecule has 0 aliphatic heterocycles. The Morgan fingerprint density at radius 1 is 1.15 bits per heavy atom. The standard InChI is InChI=1S/C15H24N4O/c1-15(2,3)19-14-16-9-11(10-17-14)13(20)18-12-7-5-4-6-8-12/h9-10,12H,4-8H2,1-3H3,(H,18,20)(H,16,17,19). The molecule has 0 unspecified atom stereocenters. The molecular formula is C15H24N4O. The third kappa shape index (κ3) is 4.47. The maximum Gasteiger partial charge on any atom is 0.254 e. The van der Waals surface area contributed by atoms with E-state index < -0.39 is 0 Å². The van der Waals surface area contributed by atoms with Gasteiger partial charge in [0, 0.05) is 24.0 Å². The van der Waals surface area contributed by atoms with Crippen LogP contribution in [0.3, 0.4) is 0 Å². The molecular weight excluding hydrogens is 252 g/mol. The molecule has 0 atom stereocenters. The number of nitrogens with zero attached hydrogens (tertiary/aromatic N) is 2. The zero-order valence-corrected chi connectivity index (χ0v) is 12.6. The fourth-order valence-corrected chi connectivity index (χ4v) is 2.36. The summed E-state index contributed by atoms with van der Waals surface area (Å²) in [4.78, 5) is 20.5. The van der Waals surface area contributed by atoms with E-state index in [2.05, 4.69) is 20.6 Å². The Hall–Kier alpha value is -1.65. The Morgan fingerprint density at radius 2 is 1.75 bits per heavy atom. The van der Waals surface area contributed by atoms with Crippen LogP contribution >= 0.6 is 0 Å². The van der Waals surface area contributed by atoms with Crippen LogP contribution in [0.25, 0.3) is 0 Å². The van der Waals surface area contributed by atoms with Gasteiger partial charge in [-0.1, -0.05) is 19.3 Å². The highest BCUT2D eigenvalue weighted by molar-refractivity contribution is 5.93. The Balaban J connectivity index is 1.93. The molecule has 110 valence electrons. The summed E-state index contributed by atoms with van der Waals surface area (Å²) in [7, 11) is 0. The quantitative estimate of drug-likeness (QED) is 0.891. The van der Waals surface area contributed by atoms with Crippen LogP contribution in [0.1, 0.15) is 63.2 Å². The number of rotatable bonds is 3. The lowest BCUT2D eigenvalue weighted by Crippen LogP contribution is -2.36. The first kappa shape index (κ1) is 14.8. The van der Waals surface area contributed by atoms with Gasteiger partial charge in [0.1, 0.15) is 0 Å². The van der Waals surface area contributed by atoms with E-state index in [1.807, 2.05) is 20.8 Å². The summed E-state index contributed by atoms with van der Waals surface area (Å²) < 4.78 is 0. The molecule has 5 nitrogen and oxygen atoms in total. The number of carbonyl (C=O) groups excluding carboxylic acids is 1. The summed E-state index contributed by atoms with van der Waals surface area (Å²) in [5.74, 6) is 0.478. The number of amides is 1. The smallest absolute Gasteiger partial charge is 0.254 e. The fourth-order valence-electron chi connectivity index (χ4n) is 2.36. The summed E-state index contributed by atoms with van der Waals surface area (Å²) >= 11 is 0. The zero-order valence-electron chi connectivity index (χ0n) is 12.6. The zero-order chi connectivity index (χ0) is 14.6. The van der Waals surface area contributed by atoms with Crippen molar-refractivity contribution >= 4 is 11.9 Å². The van der Waals surface area contributed by atoms with Gasteiger partial charge in [-0.05, 0) is 33.6 Å². The maximum absolute atomic E-state index is 12.1. The SMILES string of the molecule is CC(C)(C)Nc1ncc(C(=O)NC2CCCCC2)cn1. The predicted octanol–water partition coefficient (Wildman–Crippen LogP) is 2.75. The van der Waals surface area contributed by atoms with E-state index >= 15 is 0 Å². The van der Waals surface area contributed by atoms with Crippen molar-refractivity contribution in [3.63, 3.8) is 0 Å². The Bertz CT molecular complexity index is 444. The maximum atomic E-state index is 12.1. The Kier molecular flexibility index (Phi) is 4.57. The molecule has 1 aromatic heterocycles. The van der Waals surface area contributed by atoms with Gasteiger partial charge in [-0.3, -0.25) is 4.79 Å². The molecule has 0 bridgehead atoms. The molecule has 2 N–H and O–H groups in total. The number of aromatic nitrogens is 2. The van der Waals surface area contributed by atoms with Crippen LogP contribution in [0.5, 0.6) is 0 Å². The van der Waals surface area contributed by atoms with Gasteiger partial charge in [0.05, 0.1) is 5.56 Å². The molecule has 1 aliphatic rings. The van der Waals surface area contributed by atoms with E-state index in [0.717, 1.165) is 12.8 Å². The second kappa shape index (κ2) is 6.20. The van der Waals surface area contributed by atoms with Crippen molar-refractivity contribution in [1.82, 2.24) is 15.3 Å². The van der Waals surface area contributed by atoms with Gasteiger partial charge in [0.25, 0.3) is 5.91 Å². The predicted molar refractivity (Wildman–Crippen MR) is 79.7 cm³/mol. The van der Waals surface area contributed by atoms with Gasteiger partial charge in [-0.2, -0.15) is 0 Å². The molecule has 1 fully saturated rings. The van der Waals surface area contributed by atoms with Gasteiger partial charge in [-0.25, -0.2) is 9.97 Å². The summed E-state index contributed by atoms with van der Waals surface area (Å²) in [6.07, 6.45) is 9.01. The second-order valence-electron chi connectivity index (χ2n) is 6.48. The third-order valence-corrected chi connectivity index (χ3v) is 3.34. The number of anilines is 1. The molecule has 1 aromatic rings. The molecule has 1 amide bonds. The highest BCUT2D eigenvalue weighted by Gasteiger charge is 2.17. The number of hydrogen-bond donors (Lipinski definition) is 2. The topological polar surface area (TPSA) is 66.9 Å². The molecule has 2 rings (SSSR count). The lowest BCUT2D eigenvalue weighted by Gasteiger charge is -2.23. The van der Waals surface area contributed by atoms with Crippen molar-refractivity contribution < 1.29 is 4.79 Å². The Labute approximate surface area is 120 Å². The van der Waals surface area contributed by atoms with Crippen molar-refractivity contribution in [2.45, 2.75) is 64.5 Å². The number of nitrogens with one attached hydrogen (secondary N) is 2. The highest BCUT2D eigenvalue weighted by Crippen LogP contribution is 2.17. The summed E-state index contributed by atoms with van der Waals surface area (Å²) in [5, 5.41) is 6.24. The first-order chi connectivity index (χ1) is 9.44. The van der Waals surface area contributed by atoms with E-state index in [0.29, 0.717) is 17.6 Å². The lowest BCUT2D eigenvalue weighted by molar-refractivity contribution is 0.0927. The molecule has 0 saturated heterocycles. The van der Waals surface area contributed by atoms with Crippen LogP contribution < -0.4 is 10.6 Å². The fraction of sp³-hybridized carbons (Fsp3) is 0.667. The molecule has 0 aromatic carbocycles. The average Bonchev–Trinajstić information content (AvgIpc) is 2.39. The molecule has 20 heavy (non-hydrogen) atoms. The summed E-state index contributed by atoms with van der Waals surface area (Å²) in [6.45, 7) is 6.13. The van der Waals surface area contributed by atoms with Crippen molar-refractivity contribution in [3.05, 3.63) is 18.0 Å². The van der Waals surface area contributed by atoms with E-state index in [4.69, 9.17) is 0 Å². The third-order valence-electron chi connectivity index (χ3n) is 3.34. The van der Waals surface area contributed by atoms with E-state index in [9.17, 15) is 4.79 Å². The van der Waals surface area contributed by atoms with Gasteiger partial charge in [-0.15, -0.1) is 0 Å². The van der Waals surface area contributed by atoms with Crippen molar-refractivity contribution in [1.29, 1.82) is 0 Å². The molecule has 0 radical (unpaired) electrons. The van der Waals surface area contributed by atoms with Gasteiger partial charge in [0.2, 0.25) is 5.95 Å². The molecule has 1 aliphatic carbocycles. The minimum absolute atomic E-state index is 0.0702. The van der Waals surface area contributed by atoms with Crippen molar-refractivity contribution in [3.8, 4) is 0 Å². The van der Waals surface area contributed by atoms with Gasteiger partial charge < -0.3 is 10.6 Å². The normalized spacial score (nSPS) is 16.8.